The molecule has 0 fully saturated rings. The molecule has 0 bridgehead atoms. The molecule has 1 N–H and O–H groups in total. The number of hydrazone groups is 1. The van der Waals surface area contributed by atoms with Gasteiger partial charge in [-0.05, 0) is 24.3 Å². The van der Waals surface area contributed by atoms with Gasteiger partial charge in [-0.3, -0.25) is 15.0 Å². The maximum Gasteiger partial charge on any atom is 0.209 e. The van der Waals surface area contributed by atoms with Crippen molar-refractivity contribution in [2.75, 3.05) is 5.43 Å². The summed E-state index contributed by atoms with van der Waals surface area (Å²) in [7, 11) is 0. The summed E-state index contributed by atoms with van der Waals surface area (Å²) in [6, 6.07) is 10.8. The highest BCUT2D eigenvalue weighted by Gasteiger charge is 2.32. The summed E-state index contributed by atoms with van der Waals surface area (Å²) in [5.74, 6) is -1.18. The minimum atomic E-state index is -0.685. The summed E-state index contributed by atoms with van der Waals surface area (Å²) < 4.78 is 0. The molecule has 1 aromatic heterocycles. The van der Waals surface area contributed by atoms with Gasteiger partial charge in [0.05, 0.1) is 5.69 Å². The van der Waals surface area contributed by atoms with E-state index in [1.165, 1.54) is 12.2 Å². The van der Waals surface area contributed by atoms with Crippen molar-refractivity contribution in [3.8, 4) is 0 Å². The second-order valence-electron chi connectivity index (χ2n) is 4.61. The van der Waals surface area contributed by atoms with Gasteiger partial charge >= 0.3 is 0 Å². The predicted molar refractivity (Wildman–Crippen MR) is 81.4 cm³/mol. The van der Waals surface area contributed by atoms with Crippen LogP contribution >= 0.6 is 0 Å². The summed E-state index contributed by atoms with van der Waals surface area (Å²) in [4.78, 5) is 32.4. The molecule has 0 saturated carbocycles. The lowest BCUT2D eigenvalue weighted by Crippen LogP contribution is -2.32. The minimum absolute atomic E-state index is 0.149. The quantitative estimate of drug-likeness (QED) is 0.871. The summed E-state index contributed by atoms with van der Waals surface area (Å²) in [5.41, 5.74) is 3.26. The van der Waals surface area contributed by atoms with E-state index in [0.29, 0.717) is 11.5 Å². The first kappa shape index (κ1) is 13.8. The second kappa shape index (κ2) is 6.09. The lowest BCUT2D eigenvalue weighted by Gasteiger charge is -2.14. The Morgan fingerprint density at radius 2 is 1.73 bits per heavy atom. The summed E-state index contributed by atoms with van der Waals surface area (Å²) in [6.07, 6.45) is 5.94. The zero-order chi connectivity index (χ0) is 15.4. The molecule has 1 aliphatic rings. The highest BCUT2D eigenvalue weighted by molar-refractivity contribution is 6.70. The number of nitrogens with one attached hydrogen (secondary N) is 1. The zero-order valence-corrected chi connectivity index (χ0v) is 11.5. The van der Waals surface area contributed by atoms with Crippen LogP contribution in [0.3, 0.4) is 0 Å². The van der Waals surface area contributed by atoms with Crippen molar-refractivity contribution in [1.82, 2.24) is 9.97 Å². The number of hydrogen-bond acceptors (Lipinski definition) is 6. The lowest BCUT2D eigenvalue weighted by atomic mass is 9.91. The van der Waals surface area contributed by atoms with Crippen LogP contribution in [0, 0.1) is 0 Å². The fourth-order valence-electron chi connectivity index (χ4n) is 2.04. The van der Waals surface area contributed by atoms with E-state index in [9.17, 15) is 9.59 Å². The van der Waals surface area contributed by atoms with Crippen LogP contribution in [0.15, 0.2) is 66.0 Å². The maximum absolute atomic E-state index is 12.4. The van der Waals surface area contributed by atoms with E-state index in [-0.39, 0.29) is 5.71 Å². The Kier molecular flexibility index (Phi) is 3.82. The van der Waals surface area contributed by atoms with Crippen molar-refractivity contribution >= 4 is 23.0 Å². The number of Topliss-reactive ketones (excluding diaryl/α,β-unsaturated/α-hetero) is 1. The molecule has 0 aliphatic heterocycles. The Morgan fingerprint density at radius 1 is 1.00 bits per heavy atom. The molecule has 2 aromatic rings. The number of aromatic nitrogens is 2. The third-order valence-electron chi connectivity index (χ3n) is 3.12. The van der Waals surface area contributed by atoms with Crippen molar-refractivity contribution in [3.05, 3.63) is 66.8 Å². The standard InChI is InChI=1S/C16H12N4O2/c21-13-8-7-12(16-17-9-4-10-18-16)15(22)14(13)20-19-11-5-2-1-3-6-11/h1-10,12,19H. The van der Waals surface area contributed by atoms with E-state index in [1.54, 1.807) is 30.6 Å². The molecule has 0 spiro atoms. The maximum atomic E-state index is 12.4. The molecule has 0 amide bonds. The average molecular weight is 292 g/mol. The van der Waals surface area contributed by atoms with E-state index in [0.717, 1.165) is 0 Å². The fourth-order valence-corrected chi connectivity index (χ4v) is 2.04. The number of carbonyl (C=O) groups is 2. The Hall–Kier alpha value is -3.15. The number of hydrogen-bond donors (Lipinski definition) is 1. The zero-order valence-electron chi connectivity index (χ0n) is 11.5. The smallest absolute Gasteiger partial charge is 0.209 e. The number of rotatable bonds is 3. The predicted octanol–water partition coefficient (Wildman–Crippen LogP) is 1.74. The summed E-state index contributed by atoms with van der Waals surface area (Å²) >= 11 is 0. The monoisotopic (exact) mass is 292 g/mol. The summed E-state index contributed by atoms with van der Waals surface area (Å²) in [6.45, 7) is 0. The third-order valence-corrected chi connectivity index (χ3v) is 3.12. The highest BCUT2D eigenvalue weighted by Crippen LogP contribution is 2.19. The Balaban J connectivity index is 1.87. The molecule has 108 valence electrons. The molecule has 6 heteroatoms. The third kappa shape index (κ3) is 2.80. The molecule has 1 unspecified atom stereocenters. The SMILES string of the molecule is O=C1C=CC(c2ncccn2)C(=O)C1=NNc1ccccc1. The molecular weight excluding hydrogens is 280 g/mol. The largest absolute Gasteiger partial charge is 0.291 e. The fraction of sp³-hybridized carbons (Fsp3) is 0.0625. The normalized spacial score (nSPS) is 19.5. The molecule has 3 rings (SSSR count). The molecule has 6 nitrogen and oxygen atoms in total. The van der Waals surface area contributed by atoms with E-state index in [4.69, 9.17) is 0 Å². The van der Waals surface area contributed by atoms with Gasteiger partial charge in [-0.25, -0.2) is 9.97 Å². The van der Waals surface area contributed by atoms with Crippen LogP contribution in [0.4, 0.5) is 5.69 Å². The number of nitrogens with zero attached hydrogens (tertiary/aromatic N) is 3. The van der Waals surface area contributed by atoms with Crippen LogP contribution in [-0.2, 0) is 9.59 Å². The highest BCUT2D eigenvalue weighted by atomic mass is 16.2. The Morgan fingerprint density at radius 3 is 2.45 bits per heavy atom. The van der Waals surface area contributed by atoms with Crippen LogP contribution in [-0.4, -0.2) is 27.2 Å². The molecule has 1 atom stereocenters. The lowest BCUT2D eigenvalue weighted by molar-refractivity contribution is -0.116. The van der Waals surface area contributed by atoms with Gasteiger partial charge in [-0.15, -0.1) is 0 Å². The van der Waals surface area contributed by atoms with Crippen molar-refractivity contribution < 1.29 is 9.59 Å². The van der Waals surface area contributed by atoms with Gasteiger partial charge < -0.3 is 0 Å². The molecule has 1 heterocycles. The first-order chi connectivity index (χ1) is 10.8. The Bertz CT molecular complexity index is 754. The van der Waals surface area contributed by atoms with Crippen LogP contribution in [0.25, 0.3) is 0 Å². The molecule has 1 aliphatic carbocycles. The number of anilines is 1. The topological polar surface area (TPSA) is 84.3 Å². The number of para-hydroxylation sites is 1. The first-order valence-electron chi connectivity index (χ1n) is 6.68. The van der Waals surface area contributed by atoms with Gasteiger partial charge in [0.2, 0.25) is 11.6 Å². The van der Waals surface area contributed by atoms with Crippen molar-refractivity contribution in [1.29, 1.82) is 0 Å². The van der Waals surface area contributed by atoms with Gasteiger partial charge in [0.1, 0.15) is 11.7 Å². The van der Waals surface area contributed by atoms with Crippen LogP contribution in [0.5, 0.6) is 0 Å². The average Bonchev–Trinajstić information content (AvgIpc) is 2.56. The number of benzene rings is 1. The van der Waals surface area contributed by atoms with Crippen LogP contribution in [0.2, 0.25) is 0 Å². The van der Waals surface area contributed by atoms with E-state index in [1.807, 2.05) is 18.2 Å². The van der Waals surface area contributed by atoms with Crippen molar-refractivity contribution in [2.24, 2.45) is 5.10 Å². The molecule has 0 saturated heterocycles. The molecular formula is C16H12N4O2. The number of allylic oxidation sites excluding steroid dienone is 2. The van der Waals surface area contributed by atoms with Crippen LogP contribution < -0.4 is 5.43 Å². The van der Waals surface area contributed by atoms with E-state index >= 15 is 0 Å². The van der Waals surface area contributed by atoms with Gasteiger partial charge in [0, 0.05) is 12.4 Å². The van der Waals surface area contributed by atoms with Crippen molar-refractivity contribution in [3.63, 3.8) is 0 Å². The molecule has 0 radical (unpaired) electrons. The van der Waals surface area contributed by atoms with E-state index < -0.39 is 17.5 Å². The van der Waals surface area contributed by atoms with Crippen molar-refractivity contribution in [2.45, 2.75) is 5.92 Å². The van der Waals surface area contributed by atoms with E-state index in [2.05, 4.69) is 20.5 Å². The second-order valence-corrected chi connectivity index (χ2v) is 4.61. The number of ketones is 2. The van der Waals surface area contributed by atoms with Gasteiger partial charge in [0.15, 0.2) is 5.71 Å². The molecule has 22 heavy (non-hydrogen) atoms. The van der Waals surface area contributed by atoms with Gasteiger partial charge in [-0.2, -0.15) is 5.10 Å². The Labute approximate surface area is 126 Å². The first-order valence-corrected chi connectivity index (χ1v) is 6.68. The number of carbonyl (C=O) groups excluding carboxylic acids is 2. The van der Waals surface area contributed by atoms with Gasteiger partial charge in [-0.1, -0.05) is 24.3 Å². The van der Waals surface area contributed by atoms with Gasteiger partial charge in [0.25, 0.3) is 0 Å². The van der Waals surface area contributed by atoms with Crippen LogP contribution in [0.1, 0.15) is 11.7 Å². The molecule has 1 aromatic carbocycles. The minimum Gasteiger partial charge on any atom is -0.291 e. The summed E-state index contributed by atoms with van der Waals surface area (Å²) in [5, 5.41) is 3.95.